The molecule has 0 unspecified atom stereocenters. The van der Waals surface area contributed by atoms with Crippen LogP contribution >= 0.6 is 23.1 Å². The van der Waals surface area contributed by atoms with Gasteiger partial charge in [-0.15, -0.1) is 15.3 Å². The zero-order chi connectivity index (χ0) is 10.7. The SMILES string of the molecule is CNc1nnc(CSc2n[nH]c(C)n2)s1. The van der Waals surface area contributed by atoms with Crippen LogP contribution in [0.3, 0.4) is 0 Å². The number of nitrogens with one attached hydrogen (secondary N) is 2. The van der Waals surface area contributed by atoms with Gasteiger partial charge in [0.2, 0.25) is 10.3 Å². The van der Waals surface area contributed by atoms with Crippen LogP contribution in [0, 0.1) is 6.92 Å². The topological polar surface area (TPSA) is 79.4 Å². The fraction of sp³-hybridized carbons (Fsp3) is 0.429. The van der Waals surface area contributed by atoms with Crippen molar-refractivity contribution in [3.05, 3.63) is 10.8 Å². The Balaban J connectivity index is 1.93. The molecule has 0 aliphatic heterocycles. The third-order valence-electron chi connectivity index (χ3n) is 1.58. The first kappa shape index (κ1) is 10.4. The van der Waals surface area contributed by atoms with E-state index in [-0.39, 0.29) is 0 Å². The Kier molecular flexibility index (Phi) is 3.17. The van der Waals surface area contributed by atoms with E-state index in [1.807, 2.05) is 14.0 Å². The summed E-state index contributed by atoms with van der Waals surface area (Å²) in [4.78, 5) is 4.19. The lowest BCUT2D eigenvalue weighted by Gasteiger charge is -1.89. The molecule has 80 valence electrons. The lowest BCUT2D eigenvalue weighted by Crippen LogP contribution is -1.84. The second kappa shape index (κ2) is 4.58. The maximum atomic E-state index is 4.19. The third-order valence-corrected chi connectivity index (χ3v) is 3.56. The minimum absolute atomic E-state index is 0.744. The molecule has 6 nitrogen and oxygen atoms in total. The van der Waals surface area contributed by atoms with E-state index >= 15 is 0 Å². The smallest absolute Gasteiger partial charge is 0.208 e. The highest BCUT2D eigenvalue weighted by molar-refractivity contribution is 7.98. The number of hydrogen-bond acceptors (Lipinski definition) is 7. The van der Waals surface area contributed by atoms with Crippen LogP contribution in [-0.2, 0) is 5.75 Å². The maximum Gasteiger partial charge on any atom is 0.208 e. The van der Waals surface area contributed by atoms with Crippen LogP contribution in [0.2, 0.25) is 0 Å². The Labute approximate surface area is 94.9 Å². The van der Waals surface area contributed by atoms with E-state index in [9.17, 15) is 0 Å². The Morgan fingerprint density at radius 1 is 1.47 bits per heavy atom. The first-order chi connectivity index (χ1) is 7.28. The molecule has 2 heterocycles. The van der Waals surface area contributed by atoms with Crippen LogP contribution < -0.4 is 5.32 Å². The molecule has 15 heavy (non-hydrogen) atoms. The van der Waals surface area contributed by atoms with Crippen LogP contribution in [0.1, 0.15) is 10.8 Å². The zero-order valence-corrected chi connectivity index (χ0v) is 9.95. The van der Waals surface area contributed by atoms with E-state index < -0.39 is 0 Å². The molecule has 0 atom stereocenters. The molecule has 0 fully saturated rings. The van der Waals surface area contributed by atoms with Crippen molar-refractivity contribution < 1.29 is 0 Å². The highest BCUT2D eigenvalue weighted by Crippen LogP contribution is 2.22. The van der Waals surface area contributed by atoms with Crippen LogP contribution in [0.5, 0.6) is 0 Å². The average Bonchev–Trinajstić information content (AvgIpc) is 2.83. The van der Waals surface area contributed by atoms with Crippen LogP contribution in [0.15, 0.2) is 5.16 Å². The van der Waals surface area contributed by atoms with E-state index in [1.54, 1.807) is 11.8 Å². The molecule has 0 saturated carbocycles. The van der Waals surface area contributed by atoms with Gasteiger partial charge in [0, 0.05) is 7.05 Å². The number of nitrogens with zero attached hydrogens (tertiary/aromatic N) is 4. The van der Waals surface area contributed by atoms with Gasteiger partial charge >= 0.3 is 0 Å². The lowest BCUT2D eigenvalue weighted by molar-refractivity contribution is 0.966. The van der Waals surface area contributed by atoms with Crippen molar-refractivity contribution in [2.24, 2.45) is 0 Å². The number of aromatic amines is 1. The van der Waals surface area contributed by atoms with Crippen LogP contribution in [0.25, 0.3) is 0 Å². The van der Waals surface area contributed by atoms with Gasteiger partial charge in [-0.2, -0.15) is 0 Å². The summed E-state index contributed by atoms with van der Waals surface area (Å²) in [6, 6.07) is 0. The number of hydrogen-bond donors (Lipinski definition) is 2. The van der Waals surface area contributed by atoms with E-state index in [1.165, 1.54) is 11.3 Å². The van der Waals surface area contributed by atoms with Gasteiger partial charge in [-0.25, -0.2) is 4.98 Å². The number of rotatable bonds is 4. The molecule has 0 bridgehead atoms. The normalized spacial score (nSPS) is 10.5. The fourth-order valence-corrected chi connectivity index (χ4v) is 2.45. The average molecular weight is 242 g/mol. The number of thioether (sulfide) groups is 1. The highest BCUT2D eigenvalue weighted by atomic mass is 32.2. The second-order valence-electron chi connectivity index (χ2n) is 2.74. The molecule has 0 aliphatic carbocycles. The quantitative estimate of drug-likeness (QED) is 0.787. The summed E-state index contributed by atoms with van der Waals surface area (Å²) in [7, 11) is 1.83. The van der Waals surface area contributed by atoms with Crippen LogP contribution in [0.4, 0.5) is 5.13 Å². The fourth-order valence-electron chi connectivity index (χ4n) is 0.926. The van der Waals surface area contributed by atoms with E-state index in [2.05, 4.69) is 30.7 Å². The maximum absolute atomic E-state index is 4.19. The van der Waals surface area contributed by atoms with Gasteiger partial charge in [0.25, 0.3) is 0 Å². The van der Waals surface area contributed by atoms with Gasteiger partial charge < -0.3 is 5.32 Å². The predicted molar refractivity (Wildman–Crippen MR) is 60.1 cm³/mol. The summed E-state index contributed by atoms with van der Waals surface area (Å²) in [5.41, 5.74) is 0. The summed E-state index contributed by atoms with van der Waals surface area (Å²) >= 11 is 3.08. The van der Waals surface area contributed by atoms with Gasteiger partial charge in [0.05, 0.1) is 5.75 Å². The number of H-pyrrole nitrogens is 1. The first-order valence-corrected chi connectivity index (χ1v) is 6.10. The predicted octanol–water partition coefficient (Wildman–Crippen LogP) is 1.30. The van der Waals surface area contributed by atoms with Crippen molar-refractivity contribution in [2.45, 2.75) is 17.8 Å². The van der Waals surface area contributed by atoms with Crippen molar-refractivity contribution in [3.8, 4) is 0 Å². The third kappa shape index (κ3) is 2.66. The molecule has 0 amide bonds. The van der Waals surface area contributed by atoms with Gasteiger partial charge in [0.1, 0.15) is 10.8 Å². The Morgan fingerprint density at radius 2 is 2.33 bits per heavy atom. The molecule has 0 radical (unpaired) electrons. The van der Waals surface area contributed by atoms with Gasteiger partial charge in [-0.05, 0) is 6.92 Å². The molecule has 0 saturated heterocycles. The molecule has 2 N–H and O–H groups in total. The second-order valence-corrected chi connectivity index (χ2v) is 4.75. The lowest BCUT2D eigenvalue weighted by atomic mass is 10.8. The molecule has 2 rings (SSSR count). The number of aryl methyl sites for hydroxylation is 1. The van der Waals surface area contributed by atoms with Crippen molar-refractivity contribution in [3.63, 3.8) is 0 Å². The Bertz CT molecular complexity index is 436. The van der Waals surface area contributed by atoms with Crippen molar-refractivity contribution >= 4 is 28.2 Å². The minimum atomic E-state index is 0.744. The first-order valence-electron chi connectivity index (χ1n) is 4.30. The monoisotopic (exact) mass is 242 g/mol. The number of aromatic nitrogens is 5. The van der Waals surface area contributed by atoms with Gasteiger partial charge in [0.15, 0.2) is 0 Å². The zero-order valence-electron chi connectivity index (χ0n) is 8.31. The molecule has 8 heteroatoms. The van der Waals surface area contributed by atoms with Gasteiger partial charge in [-0.1, -0.05) is 23.1 Å². The molecular formula is C7H10N6S2. The van der Waals surface area contributed by atoms with Crippen molar-refractivity contribution in [1.29, 1.82) is 0 Å². The van der Waals surface area contributed by atoms with E-state index in [0.29, 0.717) is 0 Å². The van der Waals surface area contributed by atoms with Crippen LogP contribution in [-0.4, -0.2) is 32.4 Å². The molecule has 0 spiro atoms. The van der Waals surface area contributed by atoms with E-state index in [0.717, 1.165) is 26.9 Å². The molecule has 2 aromatic rings. The van der Waals surface area contributed by atoms with Crippen molar-refractivity contribution in [1.82, 2.24) is 25.4 Å². The summed E-state index contributed by atoms with van der Waals surface area (Å²) < 4.78 is 0. The molecular weight excluding hydrogens is 232 g/mol. The summed E-state index contributed by atoms with van der Waals surface area (Å²) in [5.74, 6) is 1.57. The summed E-state index contributed by atoms with van der Waals surface area (Å²) in [5, 5.41) is 20.3. The Hall–Kier alpha value is -1.15. The molecule has 0 aliphatic rings. The largest absolute Gasteiger partial charge is 0.363 e. The summed E-state index contributed by atoms with van der Waals surface area (Å²) in [6.45, 7) is 1.88. The minimum Gasteiger partial charge on any atom is -0.363 e. The molecule has 2 aromatic heterocycles. The number of anilines is 1. The van der Waals surface area contributed by atoms with Gasteiger partial charge in [-0.3, -0.25) is 5.10 Å². The van der Waals surface area contributed by atoms with Crippen molar-refractivity contribution in [2.75, 3.05) is 12.4 Å². The summed E-state index contributed by atoms with van der Waals surface area (Å²) in [6.07, 6.45) is 0. The highest BCUT2D eigenvalue weighted by Gasteiger charge is 2.05. The molecule has 0 aromatic carbocycles. The standard InChI is InChI=1S/C7H10N6S2/c1-4-9-7(13-10-4)14-3-5-11-12-6(8-2)15-5/h3H2,1-2H3,(H,8,12)(H,9,10,13). The van der Waals surface area contributed by atoms with E-state index in [4.69, 9.17) is 0 Å². The Morgan fingerprint density at radius 3 is 2.93 bits per heavy atom.